The summed E-state index contributed by atoms with van der Waals surface area (Å²) in [6.07, 6.45) is 0. The number of rotatable bonds is 5. The second-order valence-electron chi connectivity index (χ2n) is 6.20. The highest BCUT2D eigenvalue weighted by Crippen LogP contribution is 2.21. The highest BCUT2D eigenvalue weighted by atomic mass is 32.2. The maximum atomic E-state index is 13.0. The minimum absolute atomic E-state index is 0.103. The van der Waals surface area contributed by atoms with Crippen molar-refractivity contribution in [1.82, 2.24) is 15.8 Å². The maximum Gasteiger partial charge on any atom is 0.289 e. The van der Waals surface area contributed by atoms with Crippen LogP contribution in [0.4, 0.5) is 9.52 Å². The summed E-state index contributed by atoms with van der Waals surface area (Å²) in [5.41, 5.74) is 4.37. The Morgan fingerprint density at radius 1 is 1.21 bits per heavy atom. The first-order valence-corrected chi connectivity index (χ1v) is 11.1. The lowest BCUT2D eigenvalue weighted by molar-refractivity contribution is -0.121. The Morgan fingerprint density at radius 2 is 1.86 bits per heavy atom. The maximum absolute atomic E-state index is 13.0. The normalized spacial score (nSPS) is 15.6. The first kappa shape index (κ1) is 21.1. The first-order valence-electron chi connectivity index (χ1n) is 8.67. The van der Waals surface area contributed by atoms with Crippen LogP contribution in [0.2, 0.25) is 0 Å². The van der Waals surface area contributed by atoms with Crippen LogP contribution in [0, 0.1) is 5.82 Å². The van der Waals surface area contributed by atoms with Gasteiger partial charge in [-0.15, -0.1) is 11.3 Å². The molecule has 2 heterocycles. The van der Waals surface area contributed by atoms with Crippen LogP contribution in [0.3, 0.4) is 0 Å². The lowest BCUT2D eigenvalue weighted by Gasteiger charge is -2.25. The SMILES string of the molecule is CC(C(=O)NNC(=O)c1csc(N2CCOCC2)n1)S(=O)(=O)c1ccc(F)cc1. The smallest absolute Gasteiger partial charge is 0.289 e. The van der Waals surface area contributed by atoms with Gasteiger partial charge in [0.2, 0.25) is 0 Å². The van der Waals surface area contributed by atoms with Gasteiger partial charge in [-0.05, 0) is 31.2 Å². The topological polar surface area (TPSA) is 118 Å². The fourth-order valence-electron chi connectivity index (χ4n) is 2.52. The number of anilines is 1. The number of carbonyl (C=O) groups excluding carboxylic acids is 2. The van der Waals surface area contributed by atoms with Gasteiger partial charge in [0.25, 0.3) is 11.8 Å². The van der Waals surface area contributed by atoms with E-state index in [1.54, 1.807) is 5.38 Å². The molecule has 0 aliphatic carbocycles. The Balaban J connectivity index is 1.59. The van der Waals surface area contributed by atoms with Crippen molar-refractivity contribution in [2.24, 2.45) is 0 Å². The number of sulfone groups is 1. The summed E-state index contributed by atoms with van der Waals surface area (Å²) in [6.45, 7) is 3.68. The Morgan fingerprint density at radius 3 is 2.52 bits per heavy atom. The van der Waals surface area contributed by atoms with E-state index in [0.717, 1.165) is 24.3 Å². The molecule has 0 bridgehead atoms. The molecule has 29 heavy (non-hydrogen) atoms. The van der Waals surface area contributed by atoms with E-state index in [1.807, 2.05) is 4.90 Å². The molecule has 1 unspecified atom stereocenters. The minimum Gasteiger partial charge on any atom is -0.378 e. The van der Waals surface area contributed by atoms with Crippen LogP contribution in [-0.2, 0) is 19.4 Å². The van der Waals surface area contributed by atoms with Gasteiger partial charge in [0, 0.05) is 18.5 Å². The van der Waals surface area contributed by atoms with Crippen LogP contribution in [0.15, 0.2) is 34.5 Å². The Hall–Kier alpha value is -2.57. The van der Waals surface area contributed by atoms with E-state index in [9.17, 15) is 22.4 Å². The molecule has 1 fully saturated rings. The van der Waals surface area contributed by atoms with Crippen molar-refractivity contribution in [3.8, 4) is 0 Å². The molecule has 2 amide bonds. The van der Waals surface area contributed by atoms with E-state index < -0.39 is 32.7 Å². The van der Waals surface area contributed by atoms with Gasteiger partial charge < -0.3 is 9.64 Å². The summed E-state index contributed by atoms with van der Waals surface area (Å²) in [6, 6.07) is 4.14. The van der Waals surface area contributed by atoms with Crippen molar-refractivity contribution < 1.29 is 27.1 Å². The second kappa shape index (κ2) is 8.84. The lowest BCUT2D eigenvalue weighted by atomic mass is 10.3. The largest absolute Gasteiger partial charge is 0.378 e. The molecule has 1 atom stereocenters. The number of ether oxygens (including phenoxy) is 1. The molecule has 1 aliphatic heterocycles. The predicted octanol–water partition coefficient (Wildman–Crippen LogP) is 0.742. The third-order valence-corrected chi connectivity index (χ3v) is 7.26. The van der Waals surface area contributed by atoms with Gasteiger partial charge >= 0.3 is 0 Å². The van der Waals surface area contributed by atoms with Crippen LogP contribution in [0.1, 0.15) is 17.4 Å². The van der Waals surface area contributed by atoms with E-state index >= 15 is 0 Å². The zero-order valence-electron chi connectivity index (χ0n) is 15.4. The standard InChI is InChI=1S/C17H19FN4O5S2/c1-11(29(25,26)13-4-2-12(18)3-5-13)15(23)20-21-16(24)14-10-28-17(19-14)22-6-8-27-9-7-22/h2-5,10-11H,6-9H2,1H3,(H,20,23)(H,21,24). The molecule has 1 aliphatic rings. The number of hydrogen-bond acceptors (Lipinski definition) is 8. The molecule has 0 spiro atoms. The van der Waals surface area contributed by atoms with E-state index in [-0.39, 0.29) is 10.6 Å². The molecule has 1 aromatic carbocycles. The van der Waals surface area contributed by atoms with Gasteiger partial charge in [-0.3, -0.25) is 20.4 Å². The first-order chi connectivity index (χ1) is 13.8. The Kier molecular flexibility index (Phi) is 6.45. The summed E-state index contributed by atoms with van der Waals surface area (Å²) in [7, 11) is -4.04. The zero-order chi connectivity index (χ0) is 21.0. The average molecular weight is 442 g/mol. The van der Waals surface area contributed by atoms with Crippen LogP contribution >= 0.6 is 11.3 Å². The molecule has 2 aromatic rings. The minimum atomic E-state index is -4.04. The number of benzene rings is 1. The van der Waals surface area contributed by atoms with Gasteiger partial charge in [0.1, 0.15) is 16.8 Å². The van der Waals surface area contributed by atoms with Crippen molar-refractivity contribution in [3.05, 3.63) is 41.2 Å². The van der Waals surface area contributed by atoms with E-state index in [4.69, 9.17) is 4.74 Å². The molecular formula is C17H19FN4O5S2. The number of nitrogens with one attached hydrogen (secondary N) is 2. The van der Waals surface area contributed by atoms with Gasteiger partial charge in [-0.2, -0.15) is 0 Å². The number of hydrazine groups is 1. The van der Waals surface area contributed by atoms with Crippen molar-refractivity contribution in [2.75, 3.05) is 31.2 Å². The molecule has 1 aromatic heterocycles. The summed E-state index contributed by atoms with van der Waals surface area (Å²) in [5, 5.41) is 0.718. The van der Waals surface area contributed by atoms with Crippen LogP contribution in [-0.4, -0.2) is 56.8 Å². The molecule has 0 saturated carbocycles. The van der Waals surface area contributed by atoms with Crippen molar-refractivity contribution in [1.29, 1.82) is 0 Å². The summed E-state index contributed by atoms with van der Waals surface area (Å²) in [5.74, 6) is -2.18. The predicted molar refractivity (Wildman–Crippen MR) is 104 cm³/mol. The second-order valence-corrected chi connectivity index (χ2v) is 9.30. The van der Waals surface area contributed by atoms with Crippen LogP contribution in [0.25, 0.3) is 0 Å². The van der Waals surface area contributed by atoms with Crippen molar-refractivity contribution >= 4 is 38.1 Å². The number of amides is 2. The monoisotopic (exact) mass is 442 g/mol. The highest BCUT2D eigenvalue weighted by Gasteiger charge is 2.30. The lowest BCUT2D eigenvalue weighted by Crippen LogP contribution is -2.47. The zero-order valence-corrected chi connectivity index (χ0v) is 17.1. The number of nitrogens with zero attached hydrogens (tertiary/aromatic N) is 2. The van der Waals surface area contributed by atoms with Gasteiger partial charge in [-0.25, -0.2) is 17.8 Å². The third-order valence-electron chi connectivity index (χ3n) is 4.28. The number of aromatic nitrogens is 1. The number of morpholine rings is 1. The Labute approximate surface area is 170 Å². The Bertz CT molecular complexity index is 988. The third kappa shape index (κ3) is 4.89. The van der Waals surface area contributed by atoms with Gasteiger partial charge in [-0.1, -0.05) is 0 Å². The van der Waals surface area contributed by atoms with Crippen LogP contribution < -0.4 is 15.8 Å². The fourth-order valence-corrected chi connectivity index (χ4v) is 4.65. The summed E-state index contributed by atoms with van der Waals surface area (Å²) >= 11 is 1.29. The average Bonchev–Trinajstić information content (AvgIpc) is 3.22. The summed E-state index contributed by atoms with van der Waals surface area (Å²) < 4.78 is 43.2. The van der Waals surface area contributed by atoms with Crippen LogP contribution in [0.5, 0.6) is 0 Å². The molecule has 12 heteroatoms. The molecule has 3 rings (SSSR count). The number of hydrogen-bond donors (Lipinski definition) is 2. The number of halogens is 1. The molecule has 1 saturated heterocycles. The number of carbonyl (C=O) groups is 2. The molecule has 156 valence electrons. The highest BCUT2D eigenvalue weighted by molar-refractivity contribution is 7.92. The van der Waals surface area contributed by atoms with E-state index in [0.29, 0.717) is 31.4 Å². The molecule has 9 nitrogen and oxygen atoms in total. The molecule has 0 radical (unpaired) electrons. The number of thiazole rings is 1. The quantitative estimate of drug-likeness (QED) is 0.518. The van der Waals surface area contributed by atoms with Gasteiger partial charge in [0.15, 0.2) is 15.0 Å². The van der Waals surface area contributed by atoms with Gasteiger partial charge in [0.05, 0.1) is 18.1 Å². The van der Waals surface area contributed by atoms with E-state index in [1.165, 1.54) is 18.3 Å². The fraction of sp³-hybridized carbons (Fsp3) is 0.353. The summed E-state index contributed by atoms with van der Waals surface area (Å²) in [4.78, 5) is 30.4. The van der Waals surface area contributed by atoms with Crippen molar-refractivity contribution in [2.45, 2.75) is 17.1 Å². The molecule has 2 N–H and O–H groups in total. The molecular weight excluding hydrogens is 423 g/mol. The van der Waals surface area contributed by atoms with E-state index in [2.05, 4.69) is 15.8 Å². The van der Waals surface area contributed by atoms with Crippen molar-refractivity contribution in [3.63, 3.8) is 0 Å².